The molecule has 0 aliphatic heterocycles. The molecule has 4 nitrogen and oxygen atoms in total. The standard InChI is InChI=1S/C9H10N2OS.CH4O/c1-2-11-8-6-4-3-5-7(8)10-9(11)13-12;1-2/h3-6,12H,2H2,1H3;2H,1H3. The Morgan fingerprint density at radius 1 is 1.33 bits per heavy atom. The van der Waals surface area contributed by atoms with Crippen molar-refractivity contribution >= 4 is 23.1 Å². The quantitative estimate of drug-likeness (QED) is 0.771. The first-order valence-electron chi connectivity index (χ1n) is 4.58. The van der Waals surface area contributed by atoms with Gasteiger partial charge in [-0.15, -0.1) is 0 Å². The van der Waals surface area contributed by atoms with E-state index in [9.17, 15) is 0 Å². The Morgan fingerprint density at radius 3 is 2.60 bits per heavy atom. The third kappa shape index (κ3) is 2.31. The molecular weight excluding hydrogens is 212 g/mol. The summed E-state index contributed by atoms with van der Waals surface area (Å²) in [7, 11) is 1.00. The van der Waals surface area contributed by atoms with Crippen molar-refractivity contribution in [1.82, 2.24) is 9.55 Å². The van der Waals surface area contributed by atoms with Gasteiger partial charge in [0.15, 0.2) is 5.16 Å². The van der Waals surface area contributed by atoms with Crippen molar-refractivity contribution in [3.05, 3.63) is 24.3 Å². The van der Waals surface area contributed by atoms with Crippen LogP contribution in [0.3, 0.4) is 0 Å². The average molecular weight is 226 g/mol. The minimum absolute atomic E-state index is 0.656. The number of hydrogen-bond donors (Lipinski definition) is 2. The van der Waals surface area contributed by atoms with E-state index in [1.807, 2.05) is 35.8 Å². The zero-order valence-corrected chi connectivity index (χ0v) is 9.53. The third-order valence-corrected chi connectivity index (χ3v) is 2.49. The number of para-hydroxylation sites is 2. The van der Waals surface area contributed by atoms with Crippen LogP contribution < -0.4 is 0 Å². The monoisotopic (exact) mass is 226 g/mol. The lowest BCUT2D eigenvalue weighted by atomic mass is 10.3. The van der Waals surface area contributed by atoms with Gasteiger partial charge in [-0.2, -0.15) is 0 Å². The van der Waals surface area contributed by atoms with Crippen LogP contribution in [0.25, 0.3) is 11.0 Å². The molecule has 0 saturated heterocycles. The summed E-state index contributed by atoms with van der Waals surface area (Å²) in [6, 6.07) is 7.87. The maximum atomic E-state index is 8.98. The summed E-state index contributed by atoms with van der Waals surface area (Å²) in [6.45, 7) is 2.86. The number of aliphatic hydroxyl groups excluding tert-OH is 1. The lowest BCUT2D eigenvalue weighted by Crippen LogP contribution is -1.94. The van der Waals surface area contributed by atoms with Gasteiger partial charge in [-0.05, 0) is 19.1 Å². The number of aryl methyl sites for hydroxylation is 1. The summed E-state index contributed by atoms with van der Waals surface area (Å²) in [5.41, 5.74) is 2.00. The topological polar surface area (TPSA) is 58.3 Å². The van der Waals surface area contributed by atoms with Crippen LogP contribution in [0.1, 0.15) is 6.92 Å². The van der Waals surface area contributed by atoms with Crippen molar-refractivity contribution in [2.24, 2.45) is 0 Å². The number of aromatic nitrogens is 2. The Morgan fingerprint density at radius 2 is 2.00 bits per heavy atom. The lowest BCUT2D eigenvalue weighted by molar-refractivity contribution is 0.399. The van der Waals surface area contributed by atoms with Gasteiger partial charge in [0.1, 0.15) is 0 Å². The summed E-state index contributed by atoms with van der Waals surface area (Å²) in [4.78, 5) is 4.28. The van der Waals surface area contributed by atoms with E-state index in [1.54, 1.807) is 0 Å². The molecule has 15 heavy (non-hydrogen) atoms. The molecule has 5 heteroatoms. The number of imidazole rings is 1. The fourth-order valence-electron chi connectivity index (χ4n) is 1.43. The SMILES string of the molecule is CCn1c(SO)nc2ccccc21.CO. The van der Waals surface area contributed by atoms with Crippen LogP contribution in [0.5, 0.6) is 0 Å². The Bertz CT molecular complexity index is 428. The summed E-state index contributed by atoms with van der Waals surface area (Å²) in [5, 5.41) is 7.66. The number of aliphatic hydroxyl groups is 1. The minimum atomic E-state index is 0.656. The van der Waals surface area contributed by atoms with Crippen molar-refractivity contribution < 1.29 is 9.66 Å². The molecule has 0 aliphatic rings. The molecule has 0 spiro atoms. The van der Waals surface area contributed by atoms with Crippen molar-refractivity contribution in [2.75, 3.05) is 7.11 Å². The fraction of sp³-hybridized carbons (Fsp3) is 0.300. The molecule has 0 aliphatic carbocycles. The summed E-state index contributed by atoms with van der Waals surface area (Å²) in [5.74, 6) is 0. The Balaban J connectivity index is 0.000000531. The van der Waals surface area contributed by atoms with Gasteiger partial charge in [0.05, 0.1) is 23.1 Å². The van der Waals surface area contributed by atoms with Gasteiger partial charge in [0.2, 0.25) is 0 Å². The van der Waals surface area contributed by atoms with E-state index in [1.165, 1.54) is 0 Å². The Labute approximate surface area is 92.8 Å². The predicted molar refractivity (Wildman–Crippen MR) is 62.0 cm³/mol. The number of benzene rings is 1. The van der Waals surface area contributed by atoms with Crippen LogP contribution in [0.4, 0.5) is 0 Å². The van der Waals surface area contributed by atoms with E-state index in [2.05, 4.69) is 4.98 Å². The number of rotatable bonds is 2. The van der Waals surface area contributed by atoms with Gasteiger partial charge < -0.3 is 14.2 Å². The van der Waals surface area contributed by atoms with Gasteiger partial charge in [-0.25, -0.2) is 4.98 Å². The predicted octanol–water partition coefficient (Wildman–Crippen LogP) is 2.23. The molecule has 0 bridgehead atoms. The van der Waals surface area contributed by atoms with E-state index in [0.717, 1.165) is 24.7 Å². The van der Waals surface area contributed by atoms with Gasteiger partial charge in [0, 0.05) is 13.7 Å². The highest BCUT2D eigenvalue weighted by Crippen LogP contribution is 2.21. The maximum Gasteiger partial charge on any atom is 0.196 e. The molecule has 2 rings (SSSR count). The number of fused-ring (bicyclic) bond motifs is 1. The normalized spacial score (nSPS) is 9.87. The van der Waals surface area contributed by atoms with Crippen LogP contribution in [0.2, 0.25) is 0 Å². The van der Waals surface area contributed by atoms with Gasteiger partial charge in [0.25, 0.3) is 0 Å². The molecule has 1 aromatic carbocycles. The van der Waals surface area contributed by atoms with Crippen molar-refractivity contribution in [1.29, 1.82) is 0 Å². The molecule has 0 fully saturated rings. The fourth-order valence-corrected chi connectivity index (χ4v) is 1.89. The molecule has 0 unspecified atom stereocenters. The van der Waals surface area contributed by atoms with Crippen LogP contribution in [0, 0.1) is 0 Å². The summed E-state index contributed by atoms with van der Waals surface area (Å²) < 4.78 is 11.0. The maximum absolute atomic E-state index is 8.98. The number of hydrogen-bond acceptors (Lipinski definition) is 4. The third-order valence-electron chi connectivity index (χ3n) is 2.02. The minimum Gasteiger partial charge on any atom is -0.400 e. The van der Waals surface area contributed by atoms with Crippen molar-refractivity contribution in [3.8, 4) is 0 Å². The number of nitrogens with zero attached hydrogens (tertiary/aromatic N) is 2. The summed E-state index contributed by atoms with van der Waals surface area (Å²) >= 11 is 0.698. The molecule has 1 aromatic heterocycles. The first kappa shape index (κ1) is 12.0. The molecular formula is C10H14N2O2S. The zero-order valence-electron chi connectivity index (χ0n) is 8.71. The second kappa shape index (κ2) is 5.75. The van der Waals surface area contributed by atoms with Crippen LogP contribution in [-0.4, -0.2) is 26.3 Å². The first-order valence-corrected chi connectivity index (χ1v) is 5.35. The second-order valence-electron chi connectivity index (χ2n) is 2.72. The Hall–Kier alpha value is -1.04. The van der Waals surface area contributed by atoms with Gasteiger partial charge >= 0.3 is 0 Å². The molecule has 0 amide bonds. The Kier molecular flexibility index (Phi) is 4.61. The van der Waals surface area contributed by atoms with Gasteiger partial charge in [-0.3, -0.25) is 0 Å². The first-order chi connectivity index (χ1) is 7.36. The van der Waals surface area contributed by atoms with E-state index in [0.29, 0.717) is 17.2 Å². The lowest BCUT2D eigenvalue weighted by Gasteiger charge is -2.00. The average Bonchev–Trinajstić information content (AvgIpc) is 2.69. The molecule has 0 saturated carbocycles. The second-order valence-corrected chi connectivity index (χ2v) is 3.27. The molecule has 2 aromatic rings. The smallest absolute Gasteiger partial charge is 0.196 e. The highest BCUT2D eigenvalue weighted by molar-refractivity contribution is 7.93. The van der Waals surface area contributed by atoms with Gasteiger partial charge in [-0.1, -0.05) is 12.1 Å². The largest absolute Gasteiger partial charge is 0.400 e. The van der Waals surface area contributed by atoms with E-state index >= 15 is 0 Å². The van der Waals surface area contributed by atoms with Crippen LogP contribution in [-0.2, 0) is 6.54 Å². The zero-order chi connectivity index (χ0) is 11.3. The van der Waals surface area contributed by atoms with Crippen LogP contribution >= 0.6 is 12.0 Å². The molecule has 2 N–H and O–H groups in total. The van der Waals surface area contributed by atoms with Crippen molar-refractivity contribution in [2.45, 2.75) is 18.6 Å². The van der Waals surface area contributed by atoms with Crippen LogP contribution in [0.15, 0.2) is 29.4 Å². The molecule has 0 atom stereocenters. The van der Waals surface area contributed by atoms with E-state index in [-0.39, 0.29) is 0 Å². The van der Waals surface area contributed by atoms with E-state index in [4.69, 9.17) is 9.66 Å². The van der Waals surface area contributed by atoms with Crippen molar-refractivity contribution in [3.63, 3.8) is 0 Å². The van der Waals surface area contributed by atoms with E-state index < -0.39 is 0 Å². The molecule has 82 valence electrons. The highest BCUT2D eigenvalue weighted by Gasteiger charge is 2.07. The summed E-state index contributed by atoms with van der Waals surface area (Å²) in [6.07, 6.45) is 0. The molecule has 1 heterocycles. The highest BCUT2D eigenvalue weighted by atomic mass is 32.2. The molecule has 0 radical (unpaired) electrons.